The van der Waals surface area contributed by atoms with Gasteiger partial charge in [0, 0.05) is 22.4 Å². The Morgan fingerprint density at radius 1 is 1.10 bits per heavy atom. The average Bonchev–Trinajstić information content (AvgIpc) is 3.24. The number of benzene rings is 2. The number of carbonyl (C=O) groups is 1. The molecule has 1 heterocycles. The summed E-state index contributed by atoms with van der Waals surface area (Å²) in [6.45, 7) is -0.532. The van der Waals surface area contributed by atoms with Gasteiger partial charge in [-0.15, -0.1) is 11.3 Å². The van der Waals surface area contributed by atoms with E-state index in [9.17, 15) is 13.2 Å². The number of rotatable bonds is 9. The van der Waals surface area contributed by atoms with Crippen LogP contribution in [0, 0.1) is 0 Å². The van der Waals surface area contributed by atoms with E-state index in [4.69, 9.17) is 26.8 Å². The molecule has 0 bridgehead atoms. The van der Waals surface area contributed by atoms with Gasteiger partial charge >= 0.3 is 0 Å². The van der Waals surface area contributed by atoms with E-state index in [1.54, 1.807) is 18.2 Å². The summed E-state index contributed by atoms with van der Waals surface area (Å²) in [5.74, 6) is -0.161. The Balaban J connectivity index is 2.14. The van der Waals surface area contributed by atoms with Crippen molar-refractivity contribution in [3.63, 3.8) is 0 Å². The van der Waals surface area contributed by atoms with Gasteiger partial charge in [-0.1, -0.05) is 17.7 Å². The van der Waals surface area contributed by atoms with Gasteiger partial charge < -0.3 is 15.2 Å². The first-order valence-corrected chi connectivity index (χ1v) is 11.8. The van der Waals surface area contributed by atoms with E-state index >= 15 is 0 Å². The van der Waals surface area contributed by atoms with Gasteiger partial charge in [-0.2, -0.15) is 0 Å². The van der Waals surface area contributed by atoms with Gasteiger partial charge in [0.2, 0.25) is 5.91 Å². The minimum atomic E-state index is -4.16. The van der Waals surface area contributed by atoms with Crippen molar-refractivity contribution >= 4 is 44.6 Å². The fourth-order valence-corrected chi connectivity index (χ4v) is 5.49. The Morgan fingerprint density at radius 2 is 1.84 bits per heavy atom. The number of primary amides is 1. The molecule has 2 aromatic carbocycles. The maximum Gasteiger partial charge on any atom is 0.264 e. The molecule has 10 heteroatoms. The van der Waals surface area contributed by atoms with Crippen molar-refractivity contribution in [2.24, 2.45) is 5.73 Å². The smallest absolute Gasteiger partial charge is 0.264 e. The molecule has 0 atom stereocenters. The highest BCUT2D eigenvalue weighted by Crippen LogP contribution is 2.34. The highest BCUT2D eigenvalue weighted by atomic mass is 35.5. The Hall–Kier alpha value is -2.75. The molecule has 31 heavy (non-hydrogen) atoms. The molecule has 0 unspecified atom stereocenters. The van der Waals surface area contributed by atoms with Gasteiger partial charge in [-0.3, -0.25) is 9.10 Å². The van der Waals surface area contributed by atoms with Crippen LogP contribution in [0.1, 0.15) is 10.4 Å². The second-order valence-electron chi connectivity index (χ2n) is 6.52. The number of ether oxygens (including phenoxy) is 2. The lowest BCUT2D eigenvalue weighted by molar-refractivity contribution is -0.116. The second-order valence-corrected chi connectivity index (χ2v) is 9.85. The standard InChI is InChI=1S/C21H21ClN2O5S2/c1-28-19-8-6-17(12-20(19)29-2)31(26,27)24(13-21(23)25)18-7-5-15(22)10-14(18)11-16-4-3-9-30-16/h3-10,12H,11,13H2,1-2H3,(H2,23,25). The lowest BCUT2D eigenvalue weighted by Gasteiger charge is -2.26. The zero-order valence-electron chi connectivity index (χ0n) is 16.9. The Bertz CT molecular complexity index is 1180. The predicted molar refractivity (Wildman–Crippen MR) is 122 cm³/mol. The third-order valence-electron chi connectivity index (χ3n) is 4.50. The van der Waals surface area contributed by atoms with Crippen molar-refractivity contribution < 1.29 is 22.7 Å². The van der Waals surface area contributed by atoms with Crippen LogP contribution >= 0.6 is 22.9 Å². The minimum Gasteiger partial charge on any atom is -0.493 e. The van der Waals surface area contributed by atoms with Gasteiger partial charge in [0.1, 0.15) is 6.54 Å². The number of carbonyl (C=O) groups excluding carboxylic acids is 1. The zero-order chi connectivity index (χ0) is 22.6. The SMILES string of the molecule is COc1ccc(S(=O)(=O)N(CC(N)=O)c2ccc(Cl)cc2Cc2cccs2)cc1OC. The van der Waals surface area contributed by atoms with E-state index in [1.807, 2.05) is 17.5 Å². The fourth-order valence-electron chi connectivity index (χ4n) is 3.09. The van der Waals surface area contributed by atoms with Crippen LogP contribution in [0.25, 0.3) is 0 Å². The van der Waals surface area contributed by atoms with E-state index in [0.717, 1.165) is 9.18 Å². The molecule has 1 amide bonds. The molecule has 0 aliphatic rings. The first-order chi connectivity index (χ1) is 14.8. The van der Waals surface area contributed by atoms with E-state index in [-0.39, 0.29) is 10.6 Å². The number of methoxy groups -OCH3 is 2. The molecule has 0 fully saturated rings. The molecule has 1 aromatic heterocycles. The van der Waals surface area contributed by atoms with E-state index in [0.29, 0.717) is 28.4 Å². The van der Waals surface area contributed by atoms with E-state index in [1.165, 1.54) is 43.8 Å². The van der Waals surface area contributed by atoms with Gasteiger partial charge in [0.25, 0.3) is 10.0 Å². The molecule has 0 radical (unpaired) electrons. The molecule has 0 aliphatic carbocycles. The van der Waals surface area contributed by atoms with Gasteiger partial charge in [-0.25, -0.2) is 8.42 Å². The van der Waals surface area contributed by atoms with E-state index in [2.05, 4.69) is 0 Å². The van der Waals surface area contributed by atoms with Crippen LogP contribution in [-0.4, -0.2) is 35.1 Å². The van der Waals surface area contributed by atoms with Crippen molar-refractivity contribution in [2.45, 2.75) is 11.3 Å². The van der Waals surface area contributed by atoms with Gasteiger partial charge in [0.05, 0.1) is 24.8 Å². The number of amides is 1. The highest BCUT2D eigenvalue weighted by molar-refractivity contribution is 7.92. The minimum absolute atomic E-state index is 0.0663. The van der Waals surface area contributed by atoms with Gasteiger partial charge in [-0.05, 0) is 47.3 Å². The molecule has 0 aliphatic heterocycles. The Labute approximate surface area is 190 Å². The Morgan fingerprint density at radius 3 is 2.45 bits per heavy atom. The summed E-state index contributed by atoms with van der Waals surface area (Å²) < 4.78 is 38.5. The maximum atomic E-state index is 13.6. The summed E-state index contributed by atoms with van der Waals surface area (Å²) in [6, 6.07) is 12.9. The summed E-state index contributed by atoms with van der Waals surface area (Å²) in [5.41, 5.74) is 6.39. The van der Waals surface area contributed by atoms with Gasteiger partial charge in [0.15, 0.2) is 11.5 Å². The number of sulfonamides is 1. The normalized spacial score (nSPS) is 11.2. The van der Waals surface area contributed by atoms with Crippen molar-refractivity contribution in [3.8, 4) is 11.5 Å². The number of hydrogen-bond acceptors (Lipinski definition) is 6. The molecule has 0 saturated carbocycles. The van der Waals surface area contributed by atoms with Crippen molar-refractivity contribution in [3.05, 3.63) is 69.4 Å². The molecule has 3 rings (SSSR count). The summed E-state index contributed by atoms with van der Waals surface area (Å²) in [6.07, 6.45) is 0.449. The van der Waals surface area contributed by atoms with Crippen LogP contribution in [0.3, 0.4) is 0 Å². The van der Waals surface area contributed by atoms with Crippen LogP contribution in [0.5, 0.6) is 11.5 Å². The topological polar surface area (TPSA) is 98.9 Å². The molecule has 3 aromatic rings. The zero-order valence-corrected chi connectivity index (χ0v) is 19.3. The summed E-state index contributed by atoms with van der Waals surface area (Å²) in [5, 5.41) is 2.39. The molecule has 0 saturated heterocycles. The monoisotopic (exact) mass is 480 g/mol. The molecule has 2 N–H and O–H groups in total. The number of nitrogens with zero attached hydrogens (tertiary/aromatic N) is 1. The number of thiophene rings is 1. The number of hydrogen-bond donors (Lipinski definition) is 1. The Kier molecular flexibility index (Phi) is 7.09. The second kappa shape index (κ2) is 9.59. The number of halogens is 1. The third kappa shape index (κ3) is 5.12. The predicted octanol–water partition coefficient (Wildman–Crippen LogP) is 3.69. The third-order valence-corrected chi connectivity index (χ3v) is 7.36. The quantitative estimate of drug-likeness (QED) is 0.503. The first-order valence-electron chi connectivity index (χ1n) is 9.10. The number of anilines is 1. The number of nitrogens with two attached hydrogens (primary N) is 1. The fraction of sp³-hybridized carbons (Fsp3) is 0.190. The van der Waals surface area contributed by atoms with Crippen LogP contribution in [-0.2, 0) is 21.2 Å². The maximum absolute atomic E-state index is 13.6. The van der Waals surface area contributed by atoms with Crippen LogP contribution in [0.2, 0.25) is 5.02 Å². The summed E-state index contributed by atoms with van der Waals surface area (Å²) in [7, 11) is -1.30. The lowest BCUT2D eigenvalue weighted by atomic mass is 10.1. The van der Waals surface area contributed by atoms with Crippen LogP contribution in [0.15, 0.2) is 58.8 Å². The molecule has 0 spiro atoms. The van der Waals surface area contributed by atoms with Crippen molar-refractivity contribution in [1.29, 1.82) is 0 Å². The van der Waals surface area contributed by atoms with Crippen LogP contribution in [0.4, 0.5) is 5.69 Å². The van der Waals surface area contributed by atoms with E-state index < -0.39 is 22.5 Å². The van der Waals surface area contributed by atoms with Crippen molar-refractivity contribution in [1.82, 2.24) is 0 Å². The first kappa shape index (κ1) is 22.9. The largest absolute Gasteiger partial charge is 0.493 e. The molecular formula is C21H21ClN2O5S2. The molecule has 164 valence electrons. The highest BCUT2D eigenvalue weighted by Gasteiger charge is 2.29. The summed E-state index contributed by atoms with van der Waals surface area (Å²) >= 11 is 7.72. The average molecular weight is 481 g/mol. The summed E-state index contributed by atoms with van der Waals surface area (Å²) in [4.78, 5) is 12.8. The molecule has 7 nitrogen and oxygen atoms in total. The van der Waals surface area contributed by atoms with Crippen LogP contribution < -0.4 is 19.5 Å². The lowest BCUT2D eigenvalue weighted by Crippen LogP contribution is -2.39. The molecular weight excluding hydrogens is 460 g/mol. The van der Waals surface area contributed by atoms with Crippen molar-refractivity contribution in [2.75, 3.05) is 25.1 Å².